The van der Waals surface area contributed by atoms with Gasteiger partial charge in [0.25, 0.3) is 0 Å². The van der Waals surface area contributed by atoms with Crippen molar-refractivity contribution >= 4 is 17.7 Å². The van der Waals surface area contributed by atoms with Crippen molar-refractivity contribution in [2.45, 2.75) is 0 Å². The summed E-state index contributed by atoms with van der Waals surface area (Å²) < 4.78 is 5.30. The summed E-state index contributed by atoms with van der Waals surface area (Å²) in [6, 6.07) is 5.53. The summed E-state index contributed by atoms with van der Waals surface area (Å²) >= 11 is 5.94. The molecule has 0 heterocycles. The number of halogens is 1. The van der Waals surface area contributed by atoms with Crippen molar-refractivity contribution in [3.05, 3.63) is 48.0 Å². The maximum absolute atomic E-state index is 5.94. The van der Waals surface area contributed by atoms with E-state index in [-0.39, 0.29) is 0 Å². The fraction of sp³-hybridized carbons (Fsp3) is 0.0909. The van der Waals surface area contributed by atoms with Crippen molar-refractivity contribution in [2.24, 2.45) is 0 Å². The van der Waals surface area contributed by atoms with Crippen LogP contribution in [-0.2, 0) is 0 Å². The van der Waals surface area contributed by atoms with Gasteiger partial charge in [-0.05, 0) is 17.7 Å². The SMILES string of the molecule is C=CCOc1ccc(C=C)cc1Cl. The van der Waals surface area contributed by atoms with Crippen LogP contribution in [0.25, 0.3) is 6.08 Å². The van der Waals surface area contributed by atoms with Crippen molar-refractivity contribution in [1.82, 2.24) is 0 Å². The Balaban J connectivity index is 2.84. The summed E-state index contributed by atoms with van der Waals surface area (Å²) in [5.74, 6) is 0.673. The third-order valence-electron chi connectivity index (χ3n) is 1.55. The summed E-state index contributed by atoms with van der Waals surface area (Å²) in [7, 11) is 0. The first-order chi connectivity index (χ1) is 6.27. The van der Waals surface area contributed by atoms with Gasteiger partial charge in [0.05, 0.1) is 5.02 Å². The highest BCUT2D eigenvalue weighted by molar-refractivity contribution is 6.32. The zero-order chi connectivity index (χ0) is 9.68. The lowest BCUT2D eigenvalue weighted by Crippen LogP contribution is -1.93. The molecule has 0 amide bonds. The molecule has 1 nitrogen and oxygen atoms in total. The molecule has 0 atom stereocenters. The van der Waals surface area contributed by atoms with Gasteiger partial charge in [0.15, 0.2) is 0 Å². The molecular formula is C11H11ClO. The van der Waals surface area contributed by atoms with Crippen LogP contribution in [0.4, 0.5) is 0 Å². The fourth-order valence-electron chi connectivity index (χ4n) is 0.910. The first kappa shape index (κ1) is 9.87. The topological polar surface area (TPSA) is 9.23 Å². The smallest absolute Gasteiger partial charge is 0.138 e. The van der Waals surface area contributed by atoms with Crippen LogP contribution in [0.15, 0.2) is 37.4 Å². The molecular weight excluding hydrogens is 184 g/mol. The molecule has 0 radical (unpaired) electrons. The average molecular weight is 195 g/mol. The highest BCUT2D eigenvalue weighted by atomic mass is 35.5. The van der Waals surface area contributed by atoms with Gasteiger partial charge in [-0.15, -0.1) is 0 Å². The molecule has 68 valence electrons. The van der Waals surface area contributed by atoms with Crippen molar-refractivity contribution < 1.29 is 4.74 Å². The number of hydrogen-bond donors (Lipinski definition) is 0. The Morgan fingerprint density at radius 1 is 1.38 bits per heavy atom. The van der Waals surface area contributed by atoms with Gasteiger partial charge in [-0.2, -0.15) is 0 Å². The van der Waals surface area contributed by atoms with Crippen LogP contribution < -0.4 is 4.74 Å². The number of hydrogen-bond acceptors (Lipinski definition) is 1. The standard InChI is InChI=1S/C11H11ClO/c1-3-7-13-11-6-5-9(4-2)8-10(11)12/h3-6,8H,1-2,7H2. The molecule has 0 aliphatic carbocycles. The van der Waals surface area contributed by atoms with Crippen molar-refractivity contribution in [2.75, 3.05) is 6.61 Å². The van der Waals surface area contributed by atoms with Gasteiger partial charge in [-0.25, -0.2) is 0 Å². The van der Waals surface area contributed by atoms with Crippen LogP contribution in [0.1, 0.15) is 5.56 Å². The summed E-state index contributed by atoms with van der Waals surface area (Å²) in [4.78, 5) is 0. The van der Waals surface area contributed by atoms with E-state index >= 15 is 0 Å². The van der Waals surface area contributed by atoms with Gasteiger partial charge in [-0.1, -0.05) is 43.0 Å². The van der Waals surface area contributed by atoms with E-state index in [1.165, 1.54) is 0 Å². The minimum absolute atomic E-state index is 0.465. The normalized spacial score (nSPS) is 9.31. The molecule has 0 saturated carbocycles. The van der Waals surface area contributed by atoms with Gasteiger partial charge in [-0.3, -0.25) is 0 Å². The molecule has 0 bridgehead atoms. The zero-order valence-electron chi connectivity index (χ0n) is 7.29. The Kier molecular flexibility index (Phi) is 3.59. The Hall–Kier alpha value is -1.21. The maximum atomic E-state index is 5.94. The van der Waals surface area contributed by atoms with Crippen LogP contribution in [0.2, 0.25) is 5.02 Å². The minimum Gasteiger partial charge on any atom is -0.488 e. The van der Waals surface area contributed by atoms with E-state index in [1.54, 1.807) is 12.2 Å². The molecule has 0 saturated heterocycles. The van der Waals surface area contributed by atoms with E-state index in [0.29, 0.717) is 17.4 Å². The molecule has 1 aromatic carbocycles. The van der Waals surface area contributed by atoms with E-state index in [4.69, 9.17) is 16.3 Å². The summed E-state index contributed by atoms with van der Waals surface area (Å²) in [6.45, 7) is 7.67. The van der Waals surface area contributed by atoms with Crippen LogP contribution in [0.3, 0.4) is 0 Å². The Morgan fingerprint density at radius 2 is 2.15 bits per heavy atom. The maximum Gasteiger partial charge on any atom is 0.138 e. The van der Waals surface area contributed by atoms with Crippen molar-refractivity contribution in [3.8, 4) is 5.75 Å². The van der Waals surface area contributed by atoms with Gasteiger partial charge < -0.3 is 4.74 Å². The van der Waals surface area contributed by atoms with Crippen LogP contribution >= 0.6 is 11.6 Å². The molecule has 0 N–H and O–H groups in total. The molecule has 0 spiro atoms. The van der Waals surface area contributed by atoms with Crippen LogP contribution in [0, 0.1) is 0 Å². The fourth-order valence-corrected chi connectivity index (χ4v) is 1.15. The highest BCUT2D eigenvalue weighted by Crippen LogP contribution is 2.25. The number of ether oxygens (including phenoxy) is 1. The van der Waals surface area contributed by atoms with E-state index in [1.807, 2.05) is 18.2 Å². The van der Waals surface area contributed by atoms with Crippen molar-refractivity contribution in [1.29, 1.82) is 0 Å². The predicted octanol–water partition coefficient (Wildman–Crippen LogP) is 3.55. The Labute approximate surface area is 83.3 Å². The second-order valence-corrected chi connectivity index (χ2v) is 2.90. The average Bonchev–Trinajstić information content (AvgIpc) is 2.16. The Bertz CT molecular complexity index is 318. The molecule has 0 aromatic heterocycles. The second kappa shape index (κ2) is 4.73. The zero-order valence-corrected chi connectivity index (χ0v) is 8.05. The van der Waals surface area contributed by atoms with Crippen molar-refractivity contribution in [3.63, 3.8) is 0 Å². The van der Waals surface area contributed by atoms with Gasteiger partial charge in [0.1, 0.15) is 12.4 Å². The summed E-state index contributed by atoms with van der Waals surface area (Å²) in [5.41, 5.74) is 0.982. The number of benzene rings is 1. The minimum atomic E-state index is 0.465. The Morgan fingerprint density at radius 3 is 2.69 bits per heavy atom. The molecule has 13 heavy (non-hydrogen) atoms. The third-order valence-corrected chi connectivity index (χ3v) is 1.84. The van der Waals surface area contributed by atoms with E-state index in [0.717, 1.165) is 5.56 Å². The lowest BCUT2D eigenvalue weighted by molar-refractivity contribution is 0.363. The molecule has 0 aliphatic rings. The molecule has 1 aromatic rings. The van der Waals surface area contributed by atoms with Crippen LogP contribution in [-0.4, -0.2) is 6.61 Å². The second-order valence-electron chi connectivity index (χ2n) is 2.49. The van der Waals surface area contributed by atoms with Gasteiger partial charge in [0.2, 0.25) is 0 Å². The van der Waals surface area contributed by atoms with Gasteiger partial charge in [0, 0.05) is 0 Å². The largest absolute Gasteiger partial charge is 0.488 e. The third kappa shape index (κ3) is 2.63. The molecule has 0 unspecified atom stereocenters. The lowest BCUT2D eigenvalue weighted by Gasteiger charge is -2.05. The first-order valence-electron chi connectivity index (χ1n) is 3.93. The lowest BCUT2D eigenvalue weighted by atomic mass is 10.2. The molecule has 0 fully saturated rings. The molecule has 1 rings (SSSR count). The van der Waals surface area contributed by atoms with Gasteiger partial charge >= 0.3 is 0 Å². The highest BCUT2D eigenvalue weighted by Gasteiger charge is 1.99. The van der Waals surface area contributed by atoms with E-state index in [9.17, 15) is 0 Å². The molecule has 2 heteroatoms. The monoisotopic (exact) mass is 194 g/mol. The predicted molar refractivity (Wildman–Crippen MR) is 57.2 cm³/mol. The summed E-state index contributed by atoms with van der Waals surface area (Å²) in [5, 5.41) is 0.597. The summed E-state index contributed by atoms with van der Waals surface area (Å²) in [6.07, 6.45) is 3.42. The first-order valence-corrected chi connectivity index (χ1v) is 4.31. The van der Waals surface area contributed by atoms with Crippen LogP contribution in [0.5, 0.6) is 5.75 Å². The number of rotatable bonds is 4. The van der Waals surface area contributed by atoms with E-state index in [2.05, 4.69) is 13.2 Å². The molecule has 0 aliphatic heterocycles. The van der Waals surface area contributed by atoms with E-state index < -0.39 is 0 Å². The quantitative estimate of drug-likeness (QED) is 0.667.